The molecule has 11 unspecified atom stereocenters. The minimum atomic E-state index is -1.78. The van der Waals surface area contributed by atoms with Gasteiger partial charge in [0.2, 0.25) is 5.78 Å². The number of esters is 1. The lowest BCUT2D eigenvalue weighted by atomic mass is 9.48. The Morgan fingerprint density at radius 3 is 2.40 bits per heavy atom. The van der Waals surface area contributed by atoms with Crippen LogP contribution < -0.4 is 0 Å². The number of rotatable bonds is 1. The van der Waals surface area contributed by atoms with Gasteiger partial charge in [0, 0.05) is 17.8 Å². The molecule has 1 spiro atoms. The largest absolute Gasteiger partial charge is 0.511 e. The Kier molecular flexibility index (Phi) is 7.18. The van der Waals surface area contributed by atoms with Crippen LogP contribution in [0.25, 0.3) is 0 Å². The Bertz CT molecular complexity index is 1280. The van der Waals surface area contributed by atoms with Crippen LogP contribution in [0.3, 0.4) is 0 Å². The summed E-state index contributed by atoms with van der Waals surface area (Å²) in [5.74, 6) is -1.38. The van der Waals surface area contributed by atoms with Gasteiger partial charge in [-0.25, -0.2) is 4.79 Å². The third-order valence-corrected chi connectivity index (χ3v) is 11.4. The summed E-state index contributed by atoms with van der Waals surface area (Å²) in [6.07, 6.45) is 11.0. The molecule has 216 valence electrons. The first kappa shape index (κ1) is 28.8. The summed E-state index contributed by atoms with van der Waals surface area (Å²) in [5.41, 5.74) is -0.758. The van der Waals surface area contributed by atoms with E-state index in [0.29, 0.717) is 18.1 Å². The number of Topliss-reactive ketones (excluding diaryl/α,β-unsaturated/α-hetero) is 1. The van der Waals surface area contributed by atoms with Crippen LogP contribution in [0.5, 0.6) is 0 Å². The predicted molar refractivity (Wildman–Crippen MR) is 153 cm³/mol. The average molecular weight is 549 g/mol. The van der Waals surface area contributed by atoms with E-state index in [2.05, 4.69) is 52.8 Å². The van der Waals surface area contributed by atoms with Crippen LogP contribution in [0.2, 0.25) is 0 Å². The summed E-state index contributed by atoms with van der Waals surface area (Å²) < 4.78 is 5.94. The molecule has 1 aliphatic heterocycles. The molecule has 0 aromatic carbocycles. The van der Waals surface area contributed by atoms with E-state index < -0.39 is 34.8 Å². The van der Waals surface area contributed by atoms with Crippen molar-refractivity contribution in [1.29, 1.82) is 0 Å². The molecule has 2 N–H and O–H groups in total. The number of carbonyl (C=O) groups excluding carboxylic acids is 3. The zero-order valence-corrected chi connectivity index (χ0v) is 24.8. The molecule has 2 fully saturated rings. The molecule has 0 amide bonds. The van der Waals surface area contributed by atoms with Crippen LogP contribution >= 0.6 is 0 Å². The van der Waals surface area contributed by atoms with E-state index in [1.54, 1.807) is 0 Å². The molecule has 0 radical (unpaired) electrons. The molecule has 1 saturated carbocycles. The number of hydrogen-bond acceptors (Lipinski definition) is 6. The SMILES string of the molecule is C/C1=C\C2C(O)C=C(C=O)CC23OC(=O)/C(=C(/O)C2(C)C(C=CC4C(C)C(C)CC(C)C42)/C(C)=C/CC1C)C3=O. The molecule has 2 bridgehead atoms. The number of aliphatic hydroxyl groups is 2. The van der Waals surface area contributed by atoms with Crippen LogP contribution in [0.15, 0.2) is 58.4 Å². The minimum absolute atomic E-state index is 0.00212. The van der Waals surface area contributed by atoms with Gasteiger partial charge in [0.1, 0.15) is 17.6 Å². The summed E-state index contributed by atoms with van der Waals surface area (Å²) in [6, 6.07) is 0. The van der Waals surface area contributed by atoms with Gasteiger partial charge in [0.15, 0.2) is 5.60 Å². The molecular formula is C34H44O6. The van der Waals surface area contributed by atoms with E-state index >= 15 is 0 Å². The van der Waals surface area contributed by atoms with Gasteiger partial charge in [-0.15, -0.1) is 0 Å². The molecule has 1 saturated heterocycles. The molecule has 40 heavy (non-hydrogen) atoms. The van der Waals surface area contributed by atoms with Crippen LogP contribution in [0.1, 0.15) is 67.7 Å². The van der Waals surface area contributed by atoms with Gasteiger partial charge in [-0.05, 0) is 73.8 Å². The number of fused-ring (bicyclic) bond motifs is 4. The number of aldehydes is 1. The van der Waals surface area contributed by atoms with E-state index in [4.69, 9.17) is 4.74 Å². The average Bonchev–Trinajstić information content (AvgIpc) is 3.14. The van der Waals surface area contributed by atoms with Gasteiger partial charge in [0.25, 0.3) is 0 Å². The first-order chi connectivity index (χ1) is 18.8. The van der Waals surface area contributed by atoms with Crippen molar-refractivity contribution >= 4 is 18.0 Å². The fourth-order valence-electron chi connectivity index (χ4n) is 8.79. The summed E-state index contributed by atoms with van der Waals surface area (Å²) in [5, 5.41) is 23.4. The second-order valence-electron chi connectivity index (χ2n) is 13.7. The van der Waals surface area contributed by atoms with Crippen molar-refractivity contribution in [1.82, 2.24) is 0 Å². The quantitative estimate of drug-likeness (QED) is 0.185. The Balaban J connectivity index is 1.79. The highest BCUT2D eigenvalue weighted by Crippen LogP contribution is 2.61. The van der Waals surface area contributed by atoms with Gasteiger partial charge in [-0.1, -0.05) is 70.1 Å². The van der Waals surface area contributed by atoms with Crippen LogP contribution in [0, 0.1) is 52.8 Å². The van der Waals surface area contributed by atoms with E-state index in [-0.39, 0.29) is 52.9 Å². The summed E-state index contributed by atoms with van der Waals surface area (Å²) in [6.45, 7) is 14.9. The zero-order valence-electron chi connectivity index (χ0n) is 24.8. The molecule has 6 heteroatoms. The Labute approximate surface area is 237 Å². The molecule has 5 rings (SSSR count). The number of carbonyl (C=O) groups is 3. The number of ketones is 1. The minimum Gasteiger partial charge on any atom is -0.511 e. The first-order valence-electron chi connectivity index (χ1n) is 14.9. The Morgan fingerprint density at radius 1 is 1.02 bits per heavy atom. The van der Waals surface area contributed by atoms with E-state index in [9.17, 15) is 24.6 Å². The molecule has 0 aromatic rings. The van der Waals surface area contributed by atoms with Crippen molar-refractivity contribution in [2.24, 2.45) is 52.8 Å². The van der Waals surface area contributed by atoms with Crippen molar-refractivity contribution < 1.29 is 29.3 Å². The summed E-state index contributed by atoms with van der Waals surface area (Å²) in [4.78, 5) is 40.0. The van der Waals surface area contributed by atoms with Crippen molar-refractivity contribution in [3.8, 4) is 0 Å². The highest BCUT2D eigenvalue weighted by atomic mass is 16.6. The van der Waals surface area contributed by atoms with Gasteiger partial charge in [-0.3, -0.25) is 9.59 Å². The highest BCUT2D eigenvalue weighted by molar-refractivity contribution is 6.26. The number of aliphatic hydroxyl groups excluding tert-OH is 2. The second-order valence-corrected chi connectivity index (χ2v) is 13.7. The zero-order chi connectivity index (χ0) is 29.3. The number of ether oxygens (including phenoxy) is 1. The molecular weight excluding hydrogens is 504 g/mol. The van der Waals surface area contributed by atoms with E-state index in [1.165, 1.54) is 6.08 Å². The smallest absolute Gasteiger partial charge is 0.346 e. The first-order valence-corrected chi connectivity index (χ1v) is 14.9. The molecule has 1 heterocycles. The lowest BCUT2D eigenvalue weighted by molar-refractivity contribution is -0.159. The number of allylic oxidation sites excluding steroid dienone is 6. The van der Waals surface area contributed by atoms with E-state index in [0.717, 1.165) is 24.0 Å². The monoisotopic (exact) mass is 548 g/mol. The fraction of sp³-hybridized carbons (Fsp3) is 0.618. The van der Waals surface area contributed by atoms with Crippen molar-refractivity contribution in [3.63, 3.8) is 0 Å². The van der Waals surface area contributed by atoms with E-state index in [1.807, 2.05) is 19.9 Å². The summed E-state index contributed by atoms with van der Waals surface area (Å²) in [7, 11) is 0. The van der Waals surface area contributed by atoms with Gasteiger partial charge < -0.3 is 14.9 Å². The third kappa shape index (κ3) is 4.04. The third-order valence-electron chi connectivity index (χ3n) is 11.4. The maximum absolute atomic E-state index is 14.5. The van der Waals surface area contributed by atoms with Gasteiger partial charge >= 0.3 is 5.97 Å². The lowest BCUT2D eigenvalue weighted by Gasteiger charge is -2.56. The molecule has 4 aliphatic carbocycles. The molecule has 6 nitrogen and oxygen atoms in total. The van der Waals surface area contributed by atoms with Crippen LogP contribution in [-0.2, 0) is 19.1 Å². The number of hydrogen-bond donors (Lipinski definition) is 2. The Morgan fingerprint density at radius 2 is 1.73 bits per heavy atom. The standard InChI is InChI=1S/C34H44O6/c1-17-8-9-18(2)25-11-10-24-22(6)20(4)12-21(5)29(24)33(25,7)30(37)28-31(38)34(40-32(28)39)15-23(16-35)14-27(36)26(34)13-19(17)3/h9-11,13-14,16-17,20-22,24-27,29,36-37H,8,12,15H2,1-7H3/b18-9+,19-13+,30-28+. The van der Waals surface area contributed by atoms with Crippen molar-refractivity contribution in [2.75, 3.05) is 0 Å². The second kappa shape index (κ2) is 9.97. The maximum Gasteiger partial charge on any atom is 0.346 e. The fourth-order valence-corrected chi connectivity index (χ4v) is 8.79. The highest BCUT2D eigenvalue weighted by Gasteiger charge is 2.63. The van der Waals surface area contributed by atoms with Crippen LogP contribution in [-0.4, -0.2) is 40.0 Å². The van der Waals surface area contributed by atoms with Crippen molar-refractivity contribution in [2.45, 2.75) is 79.4 Å². The lowest BCUT2D eigenvalue weighted by Crippen LogP contribution is -2.52. The molecule has 5 aliphatic rings. The molecule has 11 atom stereocenters. The van der Waals surface area contributed by atoms with Crippen molar-refractivity contribution in [3.05, 3.63) is 58.4 Å². The topological polar surface area (TPSA) is 101 Å². The van der Waals surface area contributed by atoms with Gasteiger partial charge in [0.05, 0.1) is 12.0 Å². The maximum atomic E-state index is 14.5. The predicted octanol–water partition coefficient (Wildman–Crippen LogP) is 5.84. The molecule has 0 aromatic heterocycles. The normalized spacial score (nSPS) is 49.8. The van der Waals surface area contributed by atoms with Crippen LogP contribution in [0.4, 0.5) is 0 Å². The Hall–Kier alpha value is -2.73. The van der Waals surface area contributed by atoms with Gasteiger partial charge in [-0.2, -0.15) is 0 Å². The summed E-state index contributed by atoms with van der Waals surface area (Å²) >= 11 is 0.